The van der Waals surface area contributed by atoms with Crippen molar-refractivity contribution in [2.75, 3.05) is 6.54 Å². The summed E-state index contributed by atoms with van der Waals surface area (Å²) in [6, 6.07) is 14.5. The Balaban J connectivity index is 2.12. The Morgan fingerprint density at radius 2 is 1.76 bits per heavy atom. The number of benzene rings is 2. The molecule has 2 nitrogen and oxygen atoms in total. The van der Waals surface area contributed by atoms with E-state index in [-0.39, 0.29) is 0 Å². The average molecular weight is 283 g/mol. The zero-order valence-electron chi connectivity index (χ0n) is 13.4. The van der Waals surface area contributed by atoms with Crippen LogP contribution in [0.1, 0.15) is 30.5 Å². The molecule has 2 aromatic carbocycles. The van der Waals surface area contributed by atoms with E-state index in [1.807, 2.05) is 18.2 Å². The van der Waals surface area contributed by atoms with Crippen molar-refractivity contribution in [2.45, 2.75) is 34.2 Å². The summed E-state index contributed by atoms with van der Waals surface area (Å²) in [5.41, 5.74) is 3.62. The maximum atomic E-state index is 6.11. The van der Waals surface area contributed by atoms with Crippen LogP contribution in [0, 0.1) is 19.8 Å². The van der Waals surface area contributed by atoms with Crippen LogP contribution in [0.3, 0.4) is 0 Å². The summed E-state index contributed by atoms with van der Waals surface area (Å²) in [7, 11) is 0. The summed E-state index contributed by atoms with van der Waals surface area (Å²) >= 11 is 0. The number of nitrogens with one attached hydrogen (secondary N) is 1. The molecule has 112 valence electrons. The van der Waals surface area contributed by atoms with Gasteiger partial charge in [0.2, 0.25) is 0 Å². The number of rotatable bonds is 6. The third kappa shape index (κ3) is 4.61. The molecule has 0 unspecified atom stereocenters. The molecule has 0 aliphatic heterocycles. The van der Waals surface area contributed by atoms with E-state index in [2.05, 4.69) is 57.3 Å². The average Bonchev–Trinajstić information content (AvgIpc) is 2.43. The minimum absolute atomic E-state index is 0.650. The fraction of sp³-hybridized carbons (Fsp3) is 0.368. The second-order valence-corrected chi connectivity index (χ2v) is 6.00. The topological polar surface area (TPSA) is 21.3 Å². The standard InChI is InChI=1S/C19H25NO/c1-14(2)12-20-13-17-7-5-6-8-19(17)21-18-10-9-15(3)11-16(18)4/h5-11,14,20H,12-13H2,1-4H3. The molecule has 0 saturated heterocycles. The van der Waals surface area contributed by atoms with Gasteiger partial charge in [-0.05, 0) is 44.0 Å². The molecule has 0 aliphatic carbocycles. The molecule has 0 fully saturated rings. The number of hydrogen-bond donors (Lipinski definition) is 1. The van der Waals surface area contributed by atoms with Crippen molar-refractivity contribution in [3.8, 4) is 11.5 Å². The van der Waals surface area contributed by atoms with Crippen LogP contribution >= 0.6 is 0 Å². The van der Waals surface area contributed by atoms with Gasteiger partial charge in [0.15, 0.2) is 0 Å². The van der Waals surface area contributed by atoms with Gasteiger partial charge in [0, 0.05) is 12.1 Å². The highest BCUT2D eigenvalue weighted by Gasteiger charge is 2.06. The second kappa shape index (κ2) is 7.28. The fourth-order valence-electron chi connectivity index (χ4n) is 2.28. The highest BCUT2D eigenvalue weighted by Crippen LogP contribution is 2.28. The van der Waals surface area contributed by atoms with Crippen molar-refractivity contribution >= 4 is 0 Å². The van der Waals surface area contributed by atoms with Gasteiger partial charge in [-0.2, -0.15) is 0 Å². The highest BCUT2D eigenvalue weighted by molar-refractivity contribution is 5.42. The molecule has 0 aromatic heterocycles. The maximum Gasteiger partial charge on any atom is 0.131 e. The Kier molecular flexibility index (Phi) is 5.40. The van der Waals surface area contributed by atoms with Gasteiger partial charge in [-0.25, -0.2) is 0 Å². The van der Waals surface area contributed by atoms with E-state index in [0.29, 0.717) is 5.92 Å². The molecule has 2 rings (SSSR count). The third-order valence-corrected chi connectivity index (χ3v) is 3.39. The van der Waals surface area contributed by atoms with E-state index in [0.717, 1.165) is 24.6 Å². The second-order valence-electron chi connectivity index (χ2n) is 6.00. The lowest BCUT2D eigenvalue weighted by atomic mass is 10.1. The zero-order chi connectivity index (χ0) is 15.2. The Hall–Kier alpha value is -1.80. The quantitative estimate of drug-likeness (QED) is 0.819. The molecule has 0 atom stereocenters. The van der Waals surface area contributed by atoms with Gasteiger partial charge in [0.1, 0.15) is 11.5 Å². The van der Waals surface area contributed by atoms with E-state index in [9.17, 15) is 0 Å². The Morgan fingerprint density at radius 3 is 2.48 bits per heavy atom. The third-order valence-electron chi connectivity index (χ3n) is 3.39. The van der Waals surface area contributed by atoms with Crippen LogP contribution in [0.2, 0.25) is 0 Å². The molecular weight excluding hydrogens is 258 g/mol. The van der Waals surface area contributed by atoms with Crippen LogP contribution < -0.4 is 10.1 Å². The molecule has 0 bridgehead atoms. The first-order chi connectivity index (χ1) is 10.1. The maximum absolute atomic E-state index is 6.11. The van der Waals surface area contributed by atoms with Gasteiger partial charge >= 0.3 is 0 Å². The lowest BCUT2D eigenvalue weighted by molar-refractivity contribution is 0.466. The Morgan fingerprint density at radius 1 is 1.00 bits per heavy atom. The normalized spacial score (nSPS) is 10.9. The molecule has 0 spiro atoms. The van der Waals surface area contributed by atoms with Gasteiger partial charge in [-0.1, -0.05) is 49.7 Å². The number of aryl methyl sites for hydroxylation is 2. The minimum Gasteiger partial charge on any atom is -0.457 e. The first kappa shape index (κ1) is 15.6. The van der Waals surface area contributed by atoms with E-state index in [4.69, 9.17) is 4.74 Å². The summed E-state index contributed by atoms with van der Waals surface area (Å²) in [6.45, 7) is 10.5. The SMILES string of the molecule is Cc1ccc(Oc2ccccc2CNCC(C)C)c(C)c1. The number of ether oxygens (including phenoxy) is 1. The van der Waals surface area contributed by atoms with E-state index in [1.165, 1.54) is 16.7 Å². The van der Waals surface area contributed by atoms with Crippen LogP contribution in [0.25, 0.3) is 0 Å². The Bertz CT molecular complexity index is 590. The van der Waals surface area contributed by atoms with Crippen molar-refractivity contribution in [1.29, 1.82) is 0 Å². The summed E-state index contributed by atoms with van der Waals surface area (Å²) in [5, 5.41) is 3.47. The van der Waals surface area contributed by atoms with E-state index >= 15 is 0 Å². The van der Waals surface area contributed by atoms with Crippen molar-refractivity contribution < 1.29 is 4.74 Å². The molecule has 0 amide bonds. The molecule has 21 heavy (non-hydrogen) atoms. The van der Waals surface area contributed by atoms with Gasteiger partial charge in [-0.15, -0.1) is 0 Å². The van der Waals surface area contributed by atoms with Gasteiger partial charge in [-0.3, -0.25) is 0 Å². The molecule has 0 saturated carbocycles. The van der Waals surface area contributed by atoms with Crippen molar-refractivity contribution in [3.05, 3.63) is 59.2 Å². The first-order valence-electron chi connectivity index (χ1n) is 7.60. The van der Waals surface area contributed by atoms with Gasteiger partial charge in [0.25, 0.3) is 0 Å². The molecule has 0 aliphatic rings. The summed E-state index contributed by atoms with van der Waals surface area (Å²) in [4.78, 5) is 0. The van der Waals surface area contributed by atoms with Gasteiger partial charge < -0.3 is 10.1 Å². The number of hydrogen-bond acceptors (Lipinski definition) is 2. The van der Waals surface area contributed by atoms with Crippen molar-refractivity contribution in [2.24, 2.45) is 5.92 Å². The first-order valence-corrected chi connectivity index (χ1v) is 7.60. The lowest BCUT2D eigenvalue weighted by Crippen LogP contribution is -2.19. The molecule has 2 aromatic rings. The molecule has 1 N–H and O–H groups in total. The summed E-state index contributed by atoms with van der Waals surface area (Å²) in [6.07, 6.45) is 0. The van der Waals surface area contributed by atoms with Crippen molar-refractivity contribution in [1.82, 2.24) is 5.32 Å². The summed E-state index contributed by atoms with van der Waals surface area (Å²) in [5.74, 6) is 2.51. The van der Waals surface area contributed by atoms with Crippen LogP contribution in [0.15, 0.2) is 42.5 Å². The molecule has 0 heterocycles. The largest absolute Gasteiger partial charge is 0.457 e. The van der Waals surface area contributed by atoms with E-state index < -0.39 is 0 Å². The molecule has 0 radical (unpaired) electrons. The smallest absolute Gasteiger partial charge is 0.131 e. The zero-order valence-corrected chi connectivity index (χ0v) is 13.4. The monoisotopic (exact) mass is 283 g/mol. The predicted octanol–water partition coefficient (Wildman–Crippen LogP) is 4.84. The van der Waals surface area contributed by atoms with E-state index in [1.54, 1.807) is 0 Å². The molecule has 2 heteroatoms. The summed E-state index contributed by atoms with van der Waals surface area (Å²) < 4.78 is 6.11. The van der Waals surface area contributed by atoms with Crippen LogP contribution in [-0.4, -0.2) is 6.54 Å². The lowest BCUT2D eigenvalue weighted by Gasteiger charge is -2.14. The van der Waals surface area contributed by atoms with Gasteiger partial charge in [0.05, 0.1) is 0 Å². The fourth-order valence-corrected chi connectivity index (χ4v) is 2.28. The minimum atomic E-state index is 0.650. The number of para-hydroxylation sites is 1. The Labute approximate surface area is 128 Å². The van der Waals surface area contributed by atoms with Crippen LogP contribution in [-0.2, 0) is 6.54 Å². The van der Waals surface area contributed by atoms with Crippen LogP contribution in [0.5, 0.6) is 11.5 Å². The molecular formula is C19H25NO. The van der Waals surface area contributed by atoms with Crippen LogP contribution in [0.4, 0.5) is 0 Å². The van der Waals surface area contributed by atoms with Crippen molar-refractivity contribution in [3.63, 3.8) is 0 Å². The highest BCUT2D eigenvalue weighted by atomic mass is 16.5. The predicted molar refractivity (Wildman–Crippen MR) is 89.0 cm³/mol.